The Labute approximate surface area is 137 Å². The second kappa shape index (κ2) is 5.38. The van der Waals surface area contributed by atoms with Crippen molar-refractivity contribution in [2.24, 2.45) is 11.8 Å². The molecule has 3 heteroatoms. The van der Waals surface area contributed by atoms with Crippen LogP contribution in [0.4, 0.5) is 5.69 Å². The first-order chi connectivity index (χ1) is 11.2. The smallest absolute Gasteiger partial charge is 0.103 e. The molecule has 23 heavy (non-hydrogen) atoms. The van der Waals surface area contributed by atoms with Crippen LogP contribution < -0.4 is 4.90 Å². The number of pyridine rings is 1. The van der Waals surface area contributed by atoms with Crippen LogP contribution in [0.5, 0.6) is 0 Å². The molecular weight excluding hydrogens is 282 g/mol. The number of nitrogens with zero attached hydrogens (tertiary/aromatic N) is 3. The van der Waals surface area contributed by atoms with E-state index in [0.29, 0.717) is 5.56 Å². The minimum Gasteiger partial charge on any atom is -0.369 e. The van der Waals surface area contributed by atoms with Gasteiger partial charge in [-0.05, 0) is 50.2 Å². The highest BCUT2D eigenvalue weighted by molar-refractivity contribution is 5.96. The number of allylic oxidation sites excluding steroid dienone is 2. The summed E-state index contributed by atoms with van der Waals surface area (Å²) in [6.07, 6.45) is 8.72. The van der Waals surface area contributed by atoms with E-state index in [9.17, 15) is 5.26 Å². The lowest BCUT2D eigenvalue weighted by Crippen LogP contribution is -2.21. The van der Waals surface area contributed by atoms with E-state index >= 15 is 0 Å². The minimum atomic E-state index is 0.703. The number of anilines is 1. The molecule has 2 atom stereocenters. The maximum Gasteiger partial charge on any atom is 0.103 e. The summed E-state index contributed by atoms with van der Waals surface area (Å²) in [5.74, 6) is 1.45. The van der Waals surface area contributed by atoms with E-state index in [2.05, 4.69) is 54.1 Å². The summed E-state index contributed by atoms with van der Waals surface area (Å²) in [6.45, 7) is 6.32. The topological polar surface area (TPSA) is 39.9 Å². The molecule has 1 saturated heterocycles. The second-order valence-corrected chi connectivity index (χ2v) is 6.98. The molecule has 1 aliphatic carbocycles. The molecule has 2 unspecified atom stereocenters. The van der Waals surface area contributed by atoms with Crippen molar-refractivity contribution in [1.82, 2.24) is 4.98 Å². The third-order valence-electron chi connectivity index (χ3n) is 5.34. The van der Waals surface area contributed by atoms with Crippen LogP contribution in [0.1, 0.15) is 29.5 Å². The monoisotopic (exact) mass is 303 g/mol. The Morgan fingerprint density at radius 2 is 1.83 bits per heavy atom. The highest BCUT2D eigenvalue weighted by atomic mass is 15.2. The summed E-state index contributed by atoms with van der Waals surface area (Å²) >= 11 is 0. The Hall–Kier alpha value is -2.34. The molecular formula is C20H21N3. The molecule has 0 spiro atoms. The molecule has 1 fully saturated rings. The van der Waals surface area contributed by atoms with E-state index in [-0.39, 0.29) is 0 Å². The summed E-state index contributed by atoms with van der Waals surface area (Å²) in [7, 11) is 0. The maximum absolute atomic E-state index is 9.61. The summed E-state index contributed by atoms with van der Waals surface area (Å²) in [6, 6.07) is 6.72. The molecule has 4 rings (SSSR count). The van der Waals surface area contributed by atoms with Crippen molar-refractivity contribution in [3.05, 3.63) is 47.2 Å². The van der Waals surface area contributed by atoms with Crippen LogP contribution in [-0.4, -0.2) is 18.1 Å². The summed E-state index contributed by atoms with van der Waals surface area (Å²) in [5, 5.41) is 10.7. The summed E-state index contributed by atoms with van der Waals surface area (Å²) < 4.78 is 0. The Morgan fingerprint density at radius 1 is 1.13 bits per heavy atom. The van der Waals surface area contributed by atoms with Crippen molar-refractivity contribution < 1.29 is 0 Å². The van der Waals surface area contributed by atoms with Gasteiger partial charge in [0.25, 0.3) is 0 Å². The van der Waals surface area contributed by atoms with E-state index in [1.165, 1.54) is 24.0 Å². The largest absolute Gasteiger partial charge is 0.369 e. The van der Waals surface area contributed by atoms with E-state index < -0.39 is 0 Å². The molecule has 3 nitrogen and oxygen atoms in total. The van der Waals surface area contributed by atoms with Crippen LogP contribution in [-0.2, 0) is 0 Å². The zero-order valence-electron chi connectivity index (χ0n) is 13.7. The maximum atomic E-state index is 9.61. The number of aromatic nitrogens is 1. The van der Waals surface area contributed by atoms with Crippen LogP contribution in [0.3, 0.4) is 0 Å². The number of hydrogen-bond acceptors (Lipinski definition) is 3. The van der Waals surface area contributed by atoms with Gasteiger partial charge in [-0.2, -0.15) is 5.26 Å². The van der Waals surface area contributed by atoms with Gasteiger partial charge in [0.15, 0.2) is 0 Å². The average molecular weight is 303 g/mol. The lowest BCUT2D eigenvalue weighted by atomic mass is 9.86. The molecule has 0 amide bonds. The van der Waals surface area contributed by atoms with Gasteiger partial charge in [0.05, 0.1) is 16.8 Å². The molecule has 2 aromatic rings. The van der Waals surface area contributed by atoms with Gasteiger partial charge in [0.2, 0.25) is 0 Å². The van der Waals surface area contributed by atoms with E-state index in [4.69, 9.17) is 0 Å². The number of fused-ring (bicyclic) bond motifs is 2. The predicted octanol–water partition coefficient (Wildman–Crippen LogP) is 4.13. The van der Waals surface area contributed by atoms with Gasteiger partial charge < -0.3 is 4.90 Å². The van der Waals surface area contributed by atoms with Gasteiger partial charge in [-0.1, -0.05) is 23.8 Å². The Kier molecular flexibility index (Phi) is 3.34. The first kappa shape index (κ1) is 14.3. The van der Waals surface area contributed by atoms with E-state index in [1.807, 2.05) is 0 Å². The van der Waals surface area contributed by atoms with E-state index in [1.54, 1.807) is 6.20 Å². The van der Waals surface area contributed by atoms with E-state index in [0.717, 1.165) is 41.5 Å². The number of benzene rings is 1. The Morgan fingerprint density at radius 3 is 2.48 bits per heavy atom. The molecule has 0 radical (unpaired) electrons. The van der Waals surface area contributed by atoms with Crippen LogP contribution >= 0.6 is 0 Å². The van der Waals surface area contributed by atoms with Crippen molar-refractivity contribution in [1.29, 1.82) is 5.26 Å². The molecule has 1 aliphatic heterocycles. The molecule has 116 valence electrons. The van der Waals surface area contributed by atoms with Crippen molar-refractivity contribution in [3.63, 3.8) is 0 Å². The van der Waals surface area contributed by atoms with Crippen LogP contribution in [0.2, 0.25) is 0 Å². The summed E-state index contributed by atoms with van der Waals surface area (Å²) in [4.78, 5) is 6.99. The molecule has 1 aromatic carbocycles. The third kappa shape index (κ3) is 2.30. The first-order valence-corrected chi connectivity index (χ1v) is 8.37. The molecule has 2 aliphatic rings. The number of nitriles is 1. The lowest BCUT2D eigenvalue weighted by molar-refractivity contribution is 0.411. The molecule has 0 N–H and O–H groups in total. The van der Waals surface area contributed by atoms with Crippen LogP contribution in [0.25, 0.3) is 10.9 Å². The minimum absolute atomic E-state index is 0.703. The fraction of sp³-hybridized carbons (Fsp3) is 0.400. The van der Waals surface area contributed by atoms with Gasteiger partial charge in [0, 0.05) is 24.7 Å². The van der Waals surface area contributed by atoms with Crippen molar-refractivity contribution >= 4 is 16.6 Å². The first-order valence-electron chi connectivity index (χ1n) is 8.37. The Bertz CT molecular complexity index is 828. The van der Waals surface area contributed by atoms with Crippen molar-refractivity contribution in [3.8, 4) is 6.07 Å². The number of aryl methyl sites for hydroxylation is 2. The molecule has 0 bridgehead atoms. The second-order valence-electron chi connectivity index (χ2n) is 6.98. The Balaban J connectivity index is 1.87. The van der Waals surface area contributed by atoms with Gasteiger partial charge in [-0.25, -0.2) is 0 Å². The fourth-order valence-electron chi connectivity index (χ4n) is 4.27. The van der Waals surface area contributed by atoms with Crippen molar-refractivity contribution in [2.45, 2.75) is 26.7 Å². The fourth-order valence-corrected chi connectivity index (χ4v) is 4.27. The van der Waals surface area contributed by atoms with Crippen LogP contribution in [0.15, 0.2) is 30.5 Å². The van der Waals surface area contributed by atoms with Gasteiger partial charge in [0.1, 0.15) is 6.07 Å². The molecule has 1 aromatic heterocycles. The van der Waals surface area contributed by atoms with Gasteiger partial charge in [-0.15, -0.1) is 0 Å². The standard InChI is InChI=1S/C20H21N3/c1-13-7-14(2)19-18(8-13)20(17(9-21)10-22-19)23-11-15-5-3-4-6-16(15)12-23/h3-4,7-8,10,15-16H,5-6,11-12H2,1-2H3. The third-order valence-corrected chi connectivity index (χ3v) is 5.34. The lowest BCUT2D eigenvalue weighted by Gasteiger charge is -2.22. The zero-order chi connectivity index (χ0) is 16.0. The summed E-state index contributed by atoms with van der Waals surface area (Å²) in [5.41, 5.74) is 5.24. The highest BCUT2D eigenvalue weighted by Crippen LogP contribution is 2.39. The van der Waals surface area contributed by atoms with Crippen molar-refractivity contribution in [2.75, 3.05) is 18.0 Å². The molecule has 2 heterocycles. The molecule has 0 saturated carbocycles. The highest BCUT2D eigenvalue weighted by Gasteiger charge is 2.34. The number of rotatable bonds is 1. The van der Waals surface area contributed by atoms with Gasteiger partial charge in [-0.3, -0.25) is 4.98 Å². The number of hydrogen-bond donors (Lipinski definition) is 0. The predicted molar refractivity (Wildman–Crippen MR) is 93.5 cm³/mol. The average Bonchev–Trinajstić information content (AvgIpc) is 2.97. The quantitative estimate of drug-likeness (QED) is 0.744. The van der Waals surface area contributed by atoms with Crippen LogP contribution in [0, 0.1) is 37.0 Å². The SMILES string of the molecule is Cc1cc(C)c2ncc(C#N)c(N3CC4CC=CCC4C3)c2c1. The van der Waals surface area contributed by atoms with Gasteiger partial charge >= 0.3 is 0 Å². The zero-order valence-corrected chi connectivity index (χ0v) is 13.7. The normalized spacial score (nSPS) is 23.1.